The predicted molar refractivity (Wildman–Crippen MR) is 65.0 cm³/mol. The molecular formula is C13H26N2. The summed E-state index contributed by atoms with van der Waals surface area (Å²) in [4.78, 5) is 2.75. The molecule has 0 aromatic carbocycles. The van der Waals surface area contributed by atoms with Gasteiger partial charge < -0.3 is 5.32 Å². The molecule has 1 aliphatic heterocycles. The molecule has 2 aliphatic rings. The summed E-state index contributed by atoms with van der Waals surface area (Å²) in [5.41, 5.74) is 0. The second-order valence-corrected chi connectivity index (χ2v) is 5.70. The third-order valence-corrected chi connectivity index (χ3v) is 4.64. The lowest BCUT2D eigenvalue weighted by atomic mass is 9.90. The van der Waals surface area contributed by atoms with Gasteiger partial charge in [0.05, 0.1) is 0 Å². The minimum Gasteiger partial charge on any atom is -0.317 e. The smallest absolute Gasteiger partial charge is 0.00966 e. The molecule has 0 amide bonds. The summed E-state index contributed by atoms with van der Waals surface area (Å²) in [7, 11) is 2.10. The Bertz CT molecular complexity index is 187. The maximum absolute atomic E-state index is 3.41. The molecule has 2 atom stereocenters. The van der Waals surface area contributed by atoms with E-state index >= 15 is 0 Å². The molecule has 2 nitrogen and oxygen atoms in total. The molecule has 1 saturated heterocycles. The van der Waals surface area contributed by atoms with Crippen molar-refractivity contribution in [1.29, 1.82) is 0 Å². The number of hydrogen-bond donors (Lipinski definition) is 1. The molecule has 1 saturated carbocycles. The molecule has 15 heavy (non-hydrogen) atoms. The summed E-state index contributed by atoms with van der Waals surface area (Å²) in [5, 5.41) is 3.41. The number of nitrogens with zero attached hydrogens (tertiary/aromatic N) is 1. The third-order valence-electron chi connectivity index (χ3n) is 4.64. The van der Waals surface area contributed by atoms with Crippen LogP contribution in [0.5, 0.6) is 0 Å². The van der Waals surface area contributed by atoms with Crippen LogP contribution in [-0.2, 0) is 0 Å². The number of likely N-dealkylation sites (tertiary alicyclic amines) is 1. The van der Waals surface area contributed by atoms with E-state index in [-0.39, 0.29) is 0 Å². The monoisotopic (exact) mass is 210 g/mol. The Morgan fingerprint density at radius 1 is 0.933 bits per heavy atom. The van der Waals surface area contributed by atoms with Gasteiger partial charge in [-0.2, -0.15) is 0 Å². The van der Waals surface area contributed by atoms with Crippen molar-refractivity contribution >= 4 is 0 Å². The van der Waals surface area contributed by atoms with E-state index in [1.165, 1.54) is 38.8 Å². The second kappa shape index (κ2) is 4.84. The van der Waals surface area contributed by atoms with E-state index in [0.717, 1.165) is 23.9 Å². The number of rotatable bonds is 2. The van der Waals surface area contributed by atoms with E-state index in [4.69, 9.17) is 0 Å². The molecule has 1 aliphatic carbocycles. The fourth-order valence-corrected chi connectivity index (χ4v) is 3.20. The van der Waals surface area contributed by atoms with Gasteiger partial charge in [0, 0.05) is 25.2 Å². The normalized spacial score (nSPS) is 43.4. The maximum Gasteiger partial charge on any atom is 0.00966 e. The van der Waals surface area contributed by atoms with Crippen LogP contribution in [0.2, 0.25) is 0 Å². The van der Waals surface area contributed by atoms with Crippen molar-refractivity contribution in [3.05, 3.63) is 0 Å². The Kier molecular flexibility index (Phi) is 3.68. The summed E-state index contributed by atoms with van der Waals surface area (Å²) in [6.45, 7) is 7.50. The minimum atomic E-state index is 0.790. The lowest BCUT2D eigenvalue weighted by Gasteiger charge is -2.34. The standard InChI is InChI=1S/C13H26N2/c1-10-8-15(9-11(10)2)13-6-4-12(14-3)5-7-13/h10-14H,4-9H2,1-3H3. The molecule has 0 bridgehead atoms. The first kappa shape index (κ1) is 11.4. The second-order valence-electron chi connectivity index (χ2n) is 5.70. The van der Waals surface area contributed by atoms with Gasteiger partial charge in [-0.15, -0.1) is 0 Å². The zero-order chi connectivity index (χ0) is 10.8. The van der Waals surface area contributed by atoms with Crippen LogP contribution in [0, 0.1) is 11.8 Å². The van der Waals surface area contributed by atoms with Crippen LogP contribution in [0.25, 0.3) is 0 Å². The van der Waals surface area contributed by atoms with Crippen LogP contribution in [0.3, 0.4) is 0 Å². The Hall–Kier alpha value is -0.0800. The van der Waals surface area contributed by atoms with Gasteiger partial charge in [0.1, 0.15) is 0 Å². The largest absolute Gasteiger partial charge is 0.317 e. The Labute approximate surface area is 94.4 Å². The van der Waals surface area contributed by atoms with Gasteiger partial charge in [-0.25, -0.2) is 0 Å². The zero-order valence-corrected chi connectivity index (χ0v) is 10.5. The van der Waals surface area contributed by atoms with Crippen molar-refractivity contribution < 1.29 is 0 Å². The van der Waals surface area contributed by atoms with E-state index < -0.39 is 0 Å². The van der Waals surface area contributed by atoms with Gasteiger partial charge in [-0.1, -0.05) is 13.8 Å². The molecule has 1 heterocycles. The van der Waals surface area contributed by atoms with Crippen LogP contribution in [-0.4, -0.2) is 37.1 Å². The Morgan fingerprint density at radius 2 is 1.47 bits per heavy atom. The van der Waals surface area contributed by atoms with Crippen molar-refractivity contribution in [2.24, 2.45) is 11.8 Å². The van der Waals surface area contributed by atoms with Crippen molar-refractivity contribution in [1.82, 2.24) is 10.2 Å². The van der Waals surface area contributed by atoms with E-state index in [1.54, 1.807) is 0 Å². The van der Waals surface area contributed by atoms with Crippen molar-refractivity contribution in [3.8, 4) is 0 Å². The van der Waals surface area contributed by atoms with Crippen molar-refractivity contribution in [2.75, 3.05) is 20.1 Å². The fourth-order valence-electron chi connectivity index (χ4n) is 3.20. The van der Waals surface area contributed by atoms with Crippen LogP contribution in [0.15, 0.2) is 0 Å². The lowest BCUT2D eigenvalue weighted by molar-refractivity contribution is 0.169. The van der Waals surface area contributed by atoms with E-state index in [1.807, 2.05) is 0 Å². The van der Waals surface area contributed by atoms with Gasteiger partial charge in [0.25, 0.3) is 0 Å². The SMILES string of the molecule is CNC1CCC(N2CC(C)C(C)C2)CC1. The van der Waals surface area contributed by atoms with Gasteiger partial charge >= 0.3 is 0 Å². The predicted octanol–water partition coefficient (Wildman–Crippen LogP) is 2.10. The van der Waals surface area contributed by atoms with Gasteiger partial charge in [-0.3, -0.25) is 4.90 Å². The third kappa shape index (κ3) is 2.54. The Balaban J connectivity index is 1.81. The highest BCUT2D eigenvalue weighted by molar-refractivity contribution is 4.87. The topological polar surface area (TPSA) is 15.3 Å². The average molecular weight is 210 g/mol. The molecule has 0 spiro atoms. The molecular weight excluding hydrogens is 184 g/mol. The molecule has 0 aromatic rings. The molecule has 2 unspecified atom stereocenters. The quantitative estimate of drug-likeness (QED) is 0.751. The van der Waals surface area contributed by atoms with Gasteiger partial charge in [-0.05, 0) is 44.6 Å². The van der Waals surface area contributed by atoms with E-state index in [0.29, 0.717) is 0 Å². The molecule has 1 N–H and O–H groups in total. The first-order chi connectivity index (χ1) is 7.20. The molecule has 2 heteroatoms. The van der Waals surface area contributed by atoms with Crippen LogP contribution in [0.4, 0.5) is 0 Å². The zero-order valence-electron chi connectivity index (χ0n) is 10.5. The first-order valence-corrected chi connectivity index (χ1v) is 6.62. The average Bonchev–Trinajstić information content (AvgIpc) is 2.59. The highest BCUT2D eigenvalue weighted by Crippen LogP contribution is 2.30. The summed E-state index contributed by atoms with van der Waals surface area (Å²) in [6.07, 6.45) is 5.57. The molecule has 0 aromatic heterocycles. The lowest BCUT2D eigenvalue weighted by Crippen LogP contribution is -2.40. The highest BCUT2D eigenvalue weighted by atomic mass is 15.2. The van der Waals surface area contributed by atoms with Crippen molar-refractivity contribution in [2.45, 2.75) is 51.6 Å². The summed E-state index contributed by atoms with van der Waals surface area (Å²) < 4.78 is 0. The minimum absolute atomic E-state index is 0.790. The Morgan fingerprint density at radius 3 is 1.93 bits per heavy atom. The highest BCUT2D eigenvalue weighted by Gasteiger charge is 2.32. The van der Waals surface area contributed by atoms with Crippen molar-refractivity contribution in [3.63, 3.8) is 0 Å². The maximum atomic E-state index is 3.41. The number of nitrogens with one attached hydrogen (secondary N) is 1. The van der Waals surface area contributed by atoms with Crippen LogP contribution in [0.1, 0.15) is 39.5 Å². The van der Waals surface area contributed by atoms with Crippen LogP contribution < -0.4 is 5.32 Å². The van der Waals surface area contributed by atoms with E-state index in [2.05, 4.69) is 31.1 Å². The molecule has 88 valence electrons. The number of hydrogen-bond acceptors (Lipinski definition) is 2. The van der Waals surface area contributed by atoms with E-state index in [9.17, 15) is 0 Å². The van der Waals surface area contributed by atoms with Gasteiger partial charge in [0.15, 0.2) is 0 Å². The van der Waals surface area contributed by atoms with Crippen LogP contribution >= 0.6 is 0 Å². The summed E-state index contributed by atoms with van der Waals surface area (Å²) >= 11 is 0. The fraction of sp³-hybridized carbons (Fsp3) is 1.00. The summed E-state index contributed by atoms with van der Waals surface area (Å²) in [6, 6.07) is 1.68. The van der Waals surface area contributed by atoms with Gasteiger partial charge in [0.2, 0.25) is 0 Å². The molecule has 0 radical (unpaired) electrons. The first-order valence-electron chi connectivity index (χ1n) is 6.62. The molecule has 2 fully saturated rings. The molecule has 2 rings (SSSR count). The summed E-state index contributed by atoms with van der Waals surface area (Å²) in [5.74, 6) is 1.82.